The lowest BCUT2D eigenvalue weighted by Gasteiger charge is -2.11. The average Bonchev–Trinajstić information content (AvgIpc) is 2.28. The molecule has 0 radical (unpaired) electrons. The second kappa shape index (κ2) is 6.57. The normalized spacial score (nSPS) is 12.6. The van der Waals surface area contributed by atoms with Crippen molar-refractivity contribution in [3.05, 3.63) is 35.4 Å². The van der Waals surface area contributed by atoms with Crippen molar-refractivity contribution in [1.29, 1.82) is 0 Å². The average molecular weight is 321 g/mol. The molecule has 1 aromatic carbocycles. The van der Waals surface area contributed by atoms with Crippen molar-refractivity contribution in [3.63, 3.8) is 0 Å². The van der Waals surface area contributed by atoms with E-state index in [1.807, 2.05) is 24.3 Å². The molecule has 0 amide bonds. The van der Waals surface area contributed by atoms with E-state index in [4.69, 9.17) is 4.74 Å². The number of esters is 1. The number of alkyl halides is 1. The molecule has 1 unspecified atom stereocenters. The first-order chi connectivity index (χ1) is 7.56. The zero-order chi connectivity index (χ0) is 12.1. The van der Waals surface area contributed by atoms with E-state index >= 15 is 0 Å². The molecule has 88 valence electrons. The molecule has 1 atom stereocenters. The van der Waals surface area contributed by atoms with Crippen LogP contribution in [0.15, 0.2) is 24.3 Å². The molecular weight excluding hydrogens is 308 g/mol. The van der Waals surface area contributed by atoms with Crippen LogP contribution >= 0.6 is 41.2 Å². The Balaban J connectivity index is 2.87. The number of rotatable bonds is 4. The van der Waals surface area contributed by atoms with Gasteiger partial charge in [-0.15, -0.1) is 0 Å². The molecule has 0 N–H and O–H groups in total. The van der Waals surface area contributed by atoms with E-state index in [2.05, 4.69) is 41.2 Å². The maximum absolute atomic E-state index is 11.5. The summed E-state index contributed by atoms with van der Waals surface area (Å²) in [7, 11) is 0. The molecular formula is C11H13BrO2S2. The summed E-state index contributed by atoms with van der Waals surface area (Å²) in [6.07, 6.45) is 0. The summed E-state index contributed by atoms with van der Waals surface area (Å²) in [6, 6.07) is 7.54. The summed E-state index contributed by atoms with van der Waals surface area (Å²) in [5.41, 5.74) is 1.81. The molecule has 0 fully saturated rings. The lowest BCUT2D eigenvalue weighted by Crippen LogP contribution is -2.10. The van der Waals surface area contributed by atoms with Gasteiger partial charge in [-0.1, -0.05) is 40.2 Å². The molecule has 0 spiro atoms. The van der Waals surface area contributed by atoms with Crippen LogP contribution in [0, 0.1) is 0 Å². The molecule has 0 aliphatic rings. The Morgan fingerprint density at radius 3 is 2.62 bits per heavy atom. The van der Waals surface area contributed by atoms with Gasteiger partial charge in [0.25, 0.3) is 0 Å². The van der Waals surface area contributed by atoms with Crippen molar-refractivity contribution < 1.29 is 9.53 Å². The standard InChI is InChI=1S/C11H13BrO2S2/c1-2-14-10(13)9(12)7-4-3-5-8(6-7)11(15)16/h3-6,9,11,15-16H,2H2,1H3. The summed E-state index contributed by atoms with van der Waals surface area (Å²) < 4.78 is 4.78. The first kappa shape index (κ1) is 13.9. The molecule has 16 heavy (non-hydrogen) atoms. The second-order valence-electron chi connectivity index (χ2n) is 3.16. The molecule has 1 rings (SSSR count). The van der Waals surface area contributed by atoms with Crippen molar-refractivity contribution in [2.75, 3.05) is 6.61 Å². The fourth-order valence-corrected chi connectivity index (χ4v) is 1.97. The Hall–Kier alpha value is -0.130. The Morgan fingerprint density at radius 1 is 1.44 bits per heavy atom. The molecule has 0 aliphatic heterocycles. The van der Waals surface area contributed by atoms with E-state index in [9.17, 15) is 4.79 Å². The Kier molecular flexibility index (Phi) is 5.72. The summed E-state index contributed by atoms with van der Waals surface area (Å²) >= 11 is 11.8. The van der Waals surface area contributed by atoms with E-state index < -0.39 is 4.83 Å². The largest absolute Gasteiger partial charge is 0.465 e. The van der Waals surface area contributed by atoms with Crippen molar-refractivity contribution >= 4 is 47.2 Å². The van der Waals surface area contributed by atoms with E-state index in [0.717, 1.165) is 11.1 Å². The van der Waals surface area contributed by atoms with Gasteiger partial charge in [0.2, 0.25) is 0 Å². The molecule has 0 bridgehead atoms. The number of hydrogen-bond acceptors (Lipinski definition) is 4. The third-order valence-corrected chi connectivity index (χ3v) is 3.49. The van der Waals surface area contributed by atoms with Crippen LogP contribution < -0.4 is 0 Å². The Morgan fingerprint density at radius 2 is 2.06 bits per heavy atom. The molecule has 0 saturated heterocycles. The molecule has 0 aromatic heterocycles. The van der Waals surface area contributed by atoms with Crippen LogP contribution in [-0.4, -0.2) is 12.6 Å². The van der Waals surface area contributed by atoms with Crippen LogP contribution in [0.4, 0.5) is 0 Å². The van der Waals surface area contributed by atoms with Gasteiger partial charge in [0.15, 0.2) is 0 Å². The summed E-state index contributed by atoms with van der Waals surface area (Å²) in [6.45, 7) is 2.16. The summed E-state index contributed by atoms with van der Waals surface area (Å²) in [4.78, 5) is 11.1. The van der Waals surface area contributed by atoms with Gasteiger partial charge in [0.05, 0.1) is 11.2 Å². The minimum absolute atomic E-state index is 0.151. The smallest absolute Gasteiger partial charge is 0.324 e. The van der Waals surface area contributed by atoms with Gasteiger partial charge in [0, 0.05) is 0 Å². The lowest BCUT2D eigenvalue weighted by atomic mass is 10.1. The maximum atomic E-state index is 11.5. The van der Waals surface area contributed by atoms with Crippen LogP contribution in [0.1, 0.15) is 27.5 Å². The topological polar surface area (TPSA) is 26.3 Å². The minimum atomic E-state index is -0.437. The first-order valence-corrected chi connectivity index (χ1v) is 6.77. The number of benzene rings is 1. The number of hydrogen-bond donors (Lipinski definition) is 2. The molecule has 0 heterocycles. The van der Waals surface area contributed by atoms with Gasteiger partial charge >= 0.3 is 5.97 Å². The van der Waals surface area contributed by atoms with Gasteiger partial charge in [0.1, 0.15) is 4.83 Å². The molecule has 1 aromatic rings. The summed E-state index contributed by atoms with van der Waals surface area (Å²) in [5, 5.41) is 0. The molecule has 0 saturated carbocycles. The third-order valence-electron chi connectivity index (χ3n) is 2.00. The van der Waals surface area contributed by atoms with Crippen LogP contribution in [0.25, 0.3) is 0 Å². The predicted octanol–water partition coefficient (Wildman–Crippen LogP) is 3.54. The van der Waals surface area contributed by atoms with E-state index in [1.54, 1.807) is 6.92 Å². The zero-order valence-electron chi connectivity index (χ0n) is 8.76. The highest BCUT2D eigenvalue weighted by Crippen LogP contribution is 2.29. The first-order valence-electron chi connectivity index (χ1n) is 4.83. The van der Waals surface area contributed by atoms with Crippen molar-refractivity contribution in [3.8, 4) is 0 Å². The van der Waals surface area contributed by atoms with E-state index in [0.29, 0.717) is 6.61 Å². The van der Waals surface area contributed by atoms with Crippen LogP contribution in [0.3, 0.4) is 0 Å². The Labute approximate surface area is 115 Å². The predicted molar refractivity (Wildman–Crippen MR) is 75.5 cm³/mol. The van der Waals surface area contributed by atoms with Crippen molar-refractivity contribution in [1.82, 2.24) is 0 Å². The second-order valence-corrected chi connectivity index (χ2v) is 5.51. The van der Waals surface area contributed by atoms with E-state index in [1.165, 1.54) is 0 Å². The number of carbonyl (C=O) groups is 1. The number of carbonyl (C=O) groups excluding carboxylic acids is 1. The molecule has 0 aliphatic carbocycles. The van der Waals surface area contributed by atoms with Crippen molar-refractivity contribution in [2.45, 2.75) is 16.3 Å². The van der Waals surface area contributed by atoms with Crippen LogP contribution in [0.2, 0.25) is 0 Å². The van der Waals surface area contributed by atoms with Crippen LogP contribution in [-0.2, 0) is 9.53 Å². The van der Waals surface area contributed by atoms with Crippen LogP contribution in [0.5, 0.6) is 0 Å². The highest BCUT2D eigenvalue weighted by atomic mass is 79.9. The van der Waals surface area contributed by atoms with Gasteiger partial charge in [-0.3, -0.25) is 4.79 Å². The summed E-state index contributed by atoms with van der Waals surface area (Å²) in [5.74, 6) is -0.283. The molecule has 2 nitrogen and oxygen atoms in total. The highest BCUT2D eigenvalue weighted by Gasteiger charge is 2.18. The van der Waals surface area contributed by atoms with Gasteiger partial charge < -0.3 is 4.74 Å². The maximum Gasteiger partial charge on any atom is 0.324 e. The zero-order valence-corrected chi connectivity index (χ0v) is 12.1. The lowest BCUT2D eigenvalue weighted by molar-refractivity contribution is -0.142. The minimum Gasteiger partial charge on any atom is -0.465 e. The monoisotopic (exact) mass is 320 g/mol. The highest BCUT2D eigenvalue weighted by molar-refractivity contribution is 9.09. The fourth-order valence-electron chi connectivity index (χ4n) is 1.23. The van der Waals surface area contributed by atoms with Gasteiger partial charge in [-0.25, -0.2) is 0 Å². The quantitative estimate of drug-likeness (QED) is 0.384. The number of thiol groups is 2. The molecule has 5 heteroatoms. The SMILES string of the molecule is CCOC(=O)C(Br)c1cccc(C(S)S)c1. The van der Waals surface area contributed by atoms with E-state index in [-0.39, 0.29) is 10.6 Å². The fraction of sp³-hybridized carbons (Fsp3) is 0.364. The van der Waals surface area contributed by atoms with Gasteiger partial charge in [-0.2, -0.15) is 25.3 Å². The number of halogens is 1. The Bertz CT molecular complexity index is 369. The third kappa shape index (κ3) is 3.71. The number of ether oxygens (including phenoxy) is 1. The van der Waals surface area contributed by atoms with Crippen molar-refractivity contribution in [2.24, 2.45) is 0 Å². The van der Waals surface area contributed by atoms with Gasteiger partial charge in [-0.05, 0) is 18.1 Å².